The molecule has 0 spiro atoms. The van der Waals surface area contributed by atoms with Crippen molar-refractivity contribution in [1.82, 2.24) is 9.97 Å². The van der Waals surface area contributed by atoms with E-state index < -0.39 is 6.10 Å². The summed E-state index contributed by atoms with van der Waals surface area (Å²) in [6.07, 6.45) is -0.507. The quantitative estimate of drug-likeness (QED) is 0.842. The van der Waals surface area contributed by atoms with E-state index in [1.54, 1.807) is 13.8 Å². The standard InChI is InChI=1S/C13H13BrN2O2S/c1-7-5-12(18)16-13(15-7)19-11-4-3-9(8(2)17)6-10(11)14/h3-6,8,17H,1-2H3,(H,15,16,18)/t8-/m0/s1. The summed E-state index contributed by atoms with van der Waals surface area (Å²) in [6.45, 7) is 3.50. The second-order valence-electron chi connectivity index (χ2n) is 4.16. The SMILES string of the molecule is Cc1cc(=O)[nH]c(Sc2ccc([C@H](C)O)cc2Br)n1. The molecule has 0 saturated carbocycles. The Morgan fingerprint density at radius 3 is 2.74 bits per heavy atom. The van der Waals surface area contributed by atoms with Gasteiger partial charge in [0.05, 0.1) is 6.10 Å². The number of hydrogen-bond donors (Lipinski definition) is 2. The third kappa shape index (κ3) is 3.68. The van der Waals surface area contributed by atoms with Gasteiger partial charge in [-0.25, -0.2) is 4.98 Å². The third-order valence-electron chi connectivity index (χ3n) is 2.49. The molecule has 0 aliphatic heterocycles. The predicted molar refractivity (Wildman–Crippen MR) is 78.5 cm³/mol. The second kappa shape index (κ2) is 5.90. The Balaban J connectivity index is 2.30. The number of halogens is 1. The second-order valence-corrected chi connectivity index (χ2v) is 6.04. The van der Waals surface area contributed by atoms with Crippen molar-refractivity contribution in [3.05, 3.63) is 50.3 Å². The lowest BCUT2D eigenvalue weighted by molar-refractivity contribution is 0.199. The van der Waals surface area contributed by atoms with Crippen LogP contribution in [-0.2, 0) is 0 Å². The van der Waals surface area contributed by atoms with Crippen molar-refractivity contribution < 1.29 is 5.11 Å². The normalized spacial score (nSPS) is 12.4. The molecule has 0 radical (unpaired) electrons. The Morgan fingerprint density at radius 1 is 1.42 bits per heavy atom. The number of nitrogens with one attached hydrogen (secondary N) is 1. The maximum atomic E-state index is 11.4. The molecule has 0 aliphatic carbocycles. The van der Waals surface area contributed by atoms with Crippen molar-refractivity contribution in [3.8, 4) is 0 Å². The molecule has 1 heterocycles. The number of aromatic nitrogens is 2. The highest BCUT2D eigenvalue weighted by Crippen LogP contribution is 2.33. The molecular formula is C13H13BrN2O2S. The molecule has 0 bridgehead atoms. The summed E-state index contributed by atoms with van der Waals surface area (Å²) in [4.78, 5) is 19.3. The minimum Gasteiger partial charge on any atom is -0.389 e. The van der Waals surface area contributed by atoms with Gasteiger partial charge in [0.15, 0.2) is 5.16 Å². The van der Waals surface area contributed by atoms with Gasteiger partial charge in [0.2, 0.25) is 0 Å². The molecule has 4 nitrogen and oxygen atoms in total. The van der Waals surface area contributed by atoms with Crippen molar-refractivity contribution in [3.63, 3.8) is 0 Å². The summed E-state index contributed by atoms with van der Waals surface area (Å²) in [5.41, 5.74) is 1.36. The molecule has 0 saturated heterocycles. The van der Waals surface area contributed by atoms with Crippen LogP contribution < -0.4 is 5.56 Å². The molecule has 1 aromatic heterocycles. The van der Waals surface area contributed by atoms with Gasteiger partial charge in [-0.05, 0) is 47.5 Å². The molecule has 100 valence electrons. The van der Waals surface area contributed by atoms with E-state index in [0.29, 0.717) is 10.9 Å². The van der Waals surface area contributed by atoms with Crippen LogP contribution in [0.5, 0.6) is 0 Å². The maximum Gasteiger partial charge on any atom is 0.251 e. The van der Waals surface area contributed by atoms with Gasteiger partial charge in [-0.1, -0.05) is 17.8 Å². The molecule has 2 N–H and O–H groups in total. The number of aliphatic hydroxyl groups excluding tert-OH is 1. The van der Waals surface area contributed by atoms with Crippen molar-refractivity contribution >= 4 is 27.7 Å². The lowest BCUT2D eigenvalue weighted by Gasteiger charge is -2.08. The van der Waals surface area contributed by atoms with Gasteiger partial charge in [0.25, 0.3) is 5.56 Å². The zero-order valence-electron chi connectivity index (χ0n) is 10.5. The zero-order valence-corrected chi connectivity index (χ0v) is 12.9. The molecule has 0 aliphatic rings. The van der Waals surface area contributed by atoms with Crippen LogP contribution in [0.4, 0.5) is 0 Å². The van der Waals surface area contributed by atoms with E-state index in [-0.39, 0.29) is 5.56 Å². The van der Waals surface area contributed by atoms with Crippen LogP contribution in [0.3, 0.4) is 0 Å². The first-order valence-corrected chi connectivity index (χ1v) is 7.30. The summed E-state index contributed by atoms with van der Waals surface area (Å²) < 4.78 is 0.861. The first-order valence-electron chi connectivity index (χ1n) is 5.69. The fourth-order valence-corrected chi connectivity index (χ4v) is 3.05. The van der Waals surface area contributed by atoms with Crippen LogP contribution in [-0.4, -0.2) is 15.1 Å². The fourth-order valence-electron chi connectivity index (χ4n) is 1.56. The molecule has 0 amide bonds. The van der Waals surface area contributed by atoms with Gasteiger partial charge in [-0.15, -0.1) is 0 Å². The van der Waals surface area contributed by atoms with Crippen LogP contribution in [0.15, 0.2) is 43.6 Å². The van der Waals surface area contributed by atoms with E-state index in [9.17, 15) is 9.90 Å². The highest BCUT2D eigenvalue weighted by Gasteiger charge is 2.08. The number of rotatable bonds is 3. The molecular weight excluding hydrogens is 328 g/mol. The van der Waals surface area contributed by atoms with E-state index in [1.807, 2.05) is 18.2 Å². The lowest BCUT2D eigenvalue weighted by atomic mass is 10.1. The summed E-state index contributed by atoms with van der Waals surface area (Å²) in [7, 11) is 0. The number of H-pyrrole nitrogens is 1. The summed E-state index contributed by atoms with van der Waals surface area (Å²) in [6, 6.07) is 7.06. The Kier molecular flexibility index (Phi) is 4.44. The largest absolute Gasteiger partial charge is 0.389 e. The molecule has 0 unspecified atom stereocenters. The molecule has 1 atom stereocenters. The van der Waals surface area contributed by atoms with Crippen LogP contribution in [0.1, 0.15) is 24.3 Å². The third-order valence-corrected chi connectivity index (χ3v) is 4.37. The predicted octanol–water partition coefficient (Wildman–Crippen LogP) is 3.05. The Labute approximate surface area is 123 Å². The van der Waals surface area contributed by atoms with Crippen molar-refractivity contribution in [1.29, 1.82) is 0 Å². The first kappa shape index (κ1) is 14.3. The lowest BCUT2D eigenvalue weighted by Crippen LogP contribution is -2.07. The minimum atomic E-state index is -0.507. The molecule has 0 fully saturated rings. The van der Waals surface area contributed by atoms with E-state index in [4.69, 9.17) is 0 Å². The van der Waals surface area contributed by atoms with Crippen LogP contribution in [0.2, 0.25) is 0 Å². The van der Waals surface area contributed by atoms with Gasteiger partial charge in [-0.3, -0.25) is 4.79 Å². The number of aliphatic hydroxyl groups is 1. The number of aryl methyl sites for hydroxylation is 1. The van der Waals surface area contributed by atoms with Gasteiger partial charge in [-0.2, -0.15) is 0 Å². The zero-order chi connectivity index (χ0) is 14.0. The average molecular weight is 341 g/mol. The highest BCUT2D eigenvalue weighted by molar-refractivity contribution is 9.10. The molecule has 2 rings (SSSR count). The van der Waals surface area contributed by atoms with E-state index >= 15 is 0 Å². The van der Waals surface area contributed by atoms with Crippen molar-refractivity contribution in [2.24, 2.45) is 0 Å². The first-order chi connectivity index (χ1) is 8.95. The summed E-state index contributed by atoms with van der Waals surface area (Å²) >= 11 is 4.83. The van der Waals surface area contributed by atoms with Gasteiger partial charge in [0.1, 0.15) is 0 Å². The summed E-state index contributed by atoms with van der Waals surface area (Å²) in [5, 5.41) is 10.1. The number of nitrogens with zero attached hydrogens (tertiary/aromatic N) is 1. The number of hydrogen-bond acceptors (Lipinski definition) is 4. The number of benzene rings is 1. The molecule has 2 aromatic rings. The van der Waals surface area contributed by atoms with Gasteiger partial charge < -0.3 is 10.1 Å². The summed E-state index contributed by atoms with van der Waals surface area (Å²) in [5.74, 6) is 0. The molecule has 19 heavy (non-hydrogen) atoms. The Hall–Kier alpha value is -1.11. The number of aromatic amines is 1. The topological polar surface area (TPSA) is 66.0 Å². The van der Waals surface area contributed by atoms with Crippen LogP contribution >= 0.6 is 27.7 Å². The Bertz CT molecular complexity index is 655. The van der Waals surface area contributed by atoms with E-state index in [1.165, 1.54) is 17.8 Å². The van der Waals surface area contributed by atoms with Crippen LogP contribution in [0, 0.1) is 6.92 Å². The van der Waals surface area contributed by atoms with Crippen LogP contribution in [0.25, 0.3) is 0 Å². The van der Waals surface area contributed by atoms with E-state index in [2.05, 4.69) is 25.9 Å². The molecule has 6 heteroatoms. The fraction of sp³-hybridized carbons (Fsp3) is 0.231. The molecule has 1 aromatic carbocycles. The van der Waals surface area contributed by atoms with Gasteiger partial charge in [0, 0.05) is 21.1 Å². The Morgan fingerprint density at radius 2 is 2.16 bits per heavy atom. The maximum absolute atomic E-state index is 11.4. The van der Waals surface area contributed by atoms with Crippen molar-refractivity contribution in [2.75, 3.05) is 0 Å². The highest BCUT2D eigenvalue weighted by atomic mass is 79.9. The van der Waals surface area contributed by atoms with Gasteiger partial charge >= 0.3 is 0 Å². The smallest absolute Gasteiger partial charge is 0.251 e. The average Bonchev–Trinajstić information content (AvgIpc) is 2.30. The van der Waals surface area contributed by atoms with E-state index in [0.717, 1.165) is 14.9 Å². The minimum absolute atomic E-state index is 0.160. The van der Waals surface area contributed by atoms with Crippen molar-refractivity contribution in [2.45, 2.75) is 30.0 Å². The monoisotopic (exact) mass is 340 g/mol.